The summed E-state index contributed by atoms with van der Waals surface area (Å²) in [5, 5.41) is 7.00. The standard InChI is InChI=1S/C22H34N4O/c1-16-4-3-11-26(14-16)15-18-7-5-17(6-8-18)13-24-22(23-2)25-20-12-19-9-10-21(20)27-19/h5-8,16,19-21H,3-4,9-15H2,1-2H3,(H2,23,24,25). The van der Waals surface area contributed by atoms with E-state index in [0.29, 0.717) is 18.2 Å². The van der Waals surface area contributed by atoms with Crippen LogP contribution in [0.4, 0.5) is 0 Å². The Kier molecular flexibility index (Phi) is 5.98. The monoisotopic (exact) mass is 370 g/mol. The summed E-state index contributed by atoms with van der Waals surface area (Å²) in [6.07, 6.45) is 7.04. The van der Waals surface area contributed by atoms with Gasteiger partial charge in [-0.2, -0.15) is 0 Å². The molecule has 1 aromatic rings. The number of hydrogen-bond acceptors (Lipinski definition) is 3. The third-order valence-electron chi connectivity index (χ3n) is 6.28. The second-order valence-corrected chi connectivity index (χ2v) is 8.59. The Labute approximate surface area is 163 Å². The minimum absolute atomic E-state index is 0.366. The highest BCUT2D eigenvalue weighted by Gasteiger charge is 2.41. The highest BCUT2D eigenvalue weighted by Crippen LogP contribution is 2.34. The van der Waals surface area contributed by atoms with Gasteiger partial charge in [-0.15, -0.1) is 0 Å². The highest BCUT2D eigenvalue weighted by molar-refractivity contribution is 5.80. The van der Waals surface area contributed by atoms with Crippen molar-refractivity contribution in [1.82, 2.24) is 15.5 Å². The molecule has 3 aliphatic heterocycles. The van der Waals surface area contributed by atoms with Gasteiger partial charge in [0.25, 0.3) is 0 Å². The fourth-order valence-electron chi connectivity index (χ4n) is 4.80. The number of likely N-dealkylation sites (tertiary alicyclic amines) is 1. The molecule has 3 fully saturated rings. The SMILES string of the molecule is CN=C(NCc1ccc(CN2CCCC(C)C2)cc1)NC1CC2CCC1O2. The molecule has 0 aromatic heterocycles. The number of nitrogens with zero attached hydrogens (tertiary/aromatic N) is 2. The third kappa shape index (κ3) is 4.82. The maximum absolute atomic E-state index is 5.93. The van der Waals surface area contributed by atoms with E-state index < -0.39 is 0 Å². The van der Waals surface area contributed by atoms with Crippen molar-refractivity contribution < 1.29 is 4.74 Å². The number of rotatable bonds is 5. The number of fused-ring (bicyclic) bond motifs is 2. The Bertz CT molecular complexity index is 644. The fraction of sp³-hybridized carbons (Fsp3) is 0.682. The first-order valence-corrected chi connectivity index (χ1v) is 10.6. The molecule has 5 heteroatoms. The Morgan fingerprint density at radius 2 is 2.00 bits per heavy atom. The number of aliphatic imine (C=N–C) groups is 1. The van der Waals surface area contributed by atoms with Gasteiger partial charge in [0, 0.05) is 26.7 Å². The zero-order valence-corrected chi connectivity index (χ0v) is 16.8. The lowest BCUT2D eigenvalue weighted by molar-refractivity contribution is 0.0992. The molecule has 2 bridgehead atoms. The molecule has 3 heterocycles. The zero-order chi connectivity index (χ0) is 18.6. The first-order valence-electron chi connectivity index (χ1n) is 10.6. The summed E-state index contributed by atoms with van der Waals surface area (Å²) in [4.78, 5) is 6.97. The first kappa shape index (κ1) is 18.8. The summed E-state index contributed by atoms with van der Waals surface area (Å²) in [5.41, 5.74) is 2.70. The van der Waals surface area contributed by atoms with Gasteiger partial charge < -0.3 is 15.4 Å². The average molecular weight is 371 g/mol. The number of guanidine groups is 1. The molecule has 3 saturated heterocycles. The zero-order valence-electron chi connectivity index (χ0n) is 16.8. The molecular weight excluding hydrogens is 336 g/mol. The highest BCUT2D eigenvalue weighted by atomic mass is 16.5. The fourth-order valence-corrected chi connectivity index (χ4v) is 4.80. The van der Waals surface area contributed by atoms with E-state index in [-0.39, 0.29) is 0 Å². The average Bonchev–Trinajstić information content (AvgIpc) is 3.29. The number of hydrogen-bond donors (Lipinski definition) is 2. The van der Waals surface area contributed by atoms with Gasteiger partial charge in [-0.1, -0.05) is 31.2 Å². The van der Waals surface area contributed by atoms with Crippen molar-refractivity contribution in [2.45, 2.75) is 70.4 Å². The second-order valence-electron chi connectivity index (χ2n) is 8.59. The van der Waals surface area contributed by atoms with E-state index in [9.17, 15) is 0 Å². The van der Waals surface area contributed by atoms with Crippen LogP contribution in [0.3, 0.4) is 0 Å². The Morgan fingerprint density at radius 3 is 2.67 bits per heavy atom. The van der Waals surface area contributed by atoms with Crippen molar-refractivity contribution >= 4 is 5.96 Å². The molecular formula is C22H34N4O. The van der Waals surface area contributed by atoms with Crippen molar-refractivity contribution in [2.75, 3.05) is 20.1 Å². The van der Waals surface area contributed by atoms with E-state index in [1.807, 2.05) is 7.05 Å². The van der Waals surface area contributed by atoms with Crippen LogP contribution in [0.1, 0.15) is 50.2 Å². The van der Waals surface area contributed by atoms with Crippen LogP contribution in [-0.4, -0.2) is 49.2 Å². The van der Waals surface area contributed by atoms with Gasteiger partial charge in [-0.25, -0.2) is 0 Å². The minimum Gasteiger partial charge on any atom is -0.373 e. The minimum atomic E-state index is 0.366. The first-order chi connectivity index (χ1) is 13.2. The van der Waals surface area contributed by atoms with E-state index in [0.717, 1.165) is 31.4 Å². The van der Waals surface area contributed by atoms with E-state index in [1.54, 1.807) is 0 Å². The van der Waals surface area contributed by atoms with Crippen LogP contribution in [0.15, 0.2) is 29.3 Å². The Hall–Kier alpha value is -1.59. The summed E-state index contributed by atoms with van der Waals surface area (Å²) in [5.74, 6) is 1.71. The molecule has 0 spiro atoms. The number of piperidine rings is 1. The number of nitrogens with one attached hydrogen (secondary N) is 2. The van der Waals surface area contributed by atoms with Crippen molar-refractivity contribution in [1.29, 1.82) is 0 Å². The molecule has 0 saturated carbocycles. The van der Waals surface area contributed by atoms with Gasteiger partial charge in [-0.3, -0.25) is 9.89 Å². The molecule has 1 aromatic carbocycles. The summed E-state index contributed by atoms with van der Waals surface area (Å²) < 4.78 is 5.93. The van der Waals surface area contributed by atoms with Crippen molar-refractivity contribution in [3.05, 3.63) is 35.4 Å². The molecule has 0 amide bonds. The third-order valence-corrected chi connectivity index (χ3v) is 6.28. The van der Waals surface area contributed by atoms with Gasteiger partial charge in [0.2, 0.25) is 0 Å². The largest absolute Gasteiger partial charge is 0.373 e. The predicted octanol–water partition coefficient (Wildman–Crippen LogP) is 2.90. The van der Waals surface area contributed by atoms with Gasteiger partial charge in [0.15, 0.2) is 5.96 Å². The van der Waals surface area contributed by atoms with E-state index in [1.165, 1.54) is 49.9 Å². The molecule has 5 nitrogen and oxygen atoms in total. The molecule has 3 aliphatic rings. The Balaban J connectivity index is 1.24. The van der Waals surface area contributed by atoms with Crippen LogP contribution < -0.4 is 10.6 Å². The second kappa shape index (κ2) is 8.61. The van der Waals surface area contributed by atoms with E-state index in [4.69, 9.17) is 4.74 Å². The maximum Gasteiger partial charge on any atom is 0.191 e. The van der Waals surface area contributed by atoms with Crippen LogP contribution >= 0.6 is 0 Å². The lowest BCUT2D eigenvalue weighted by Gasteiger charge is -2.30. The molecule has 4 rings (SSSR count). The van der Waals surface area contributed by atoms with Crippen molar-refractivity contribution in [2.24, 2.45) is 10.9 Å². The Morgan fingerprint density at radius 1 is 1.19 bits per heavy atom. The van der Waals surface area contributed by atoms with Gasteiger partial charge in [0.05, 0.1) is 18.2 Å². The van der Waals surface area contributed by atoms with Crippen LogP contribution in [-0.2, 0) is 17.8 Å². The number of ether oxygens (including phenoxy) is 1. The van der Waals surface area contributed by atoms with Crippen molar-refractivity contribution in [3.63, 3.8) is 0 Å². The van der Waals surface area contributed by atoms with Crippen LogP contribution in [0.5, 0.6) is 0 Å². The van der Waals surface area contributed by atoms with Gasteiger partial charge >= 0.3 is 0 Å². The molecule has 148 valence electrons. The number of benzene rings is 1. The maximum atomic E-state index is 5.93. The van der Waals surface area contributed by atoms with Crippen LogP contribution in [0.2, 0.25) is 0 Å². The molecule has 0 radical (unpaired) electrons. The lowest BCUT2D eigenvalue weighted by atomic mass is 9.96. The molecule has 27 heavy (non-hydrogen) atoms. The van der Waals surface area contributed by atoms with Crippen LogP contribution in [0.25, 0.3) is 0 Å². The van der Waals surface area contributed by atoms with Crippen molar-refractivity contribution in [3.8, 4) is 0 Å². The van der Waals surface area contributed by atoms with Gasteiger partial charge in [-0.05, 0) is 55.7 Å². The summed E-state index contributed by atoms with van der Waals surface area (Å²) in [6.45, 7) is 6.71. The normalized spacial score (nSPS) is 31.3. The lowest BCUT2D eigenvalue weighted by Crippen LogP contribution is -2.47. The smallest absolute Gasteiger partial charge is 0.191 e. The molecule has 4 atom stereocenters. The predicted molar refractivity (Wildman–Crippen MR) is 110 cm³/mol. The molecule has 4 unspecified atom stereocenters. The molecule has 2 N–H and O–H groups in total. The summed E-state index contributed by atoms with van der Waals surface area (Å²) >= 11 is 0. The quantitative estimate of drug-likeness (QED) is 0.618. The topological polar surface area (TPSA) is 48.9 Å². The molecule has 0 aliphatic carbocycles. The van der Waals surface area contributed by atoms with Gasteiger partial charge in [0.1, 0.15) is 0 Å². The summed E-state index contributed by atoms with van der Waals surface area (Å²) in [7, 11) is 1.84. The van der Waals surface area contributed by atoms with Crippen LogP contribution in [0, 0.1) is 5.92 Å². The summed E-state index contributed by atoms with van der Waals surface area (Å²) in [6, 6.07) is 9.43. The van der Waals surface area contributed by atoms with E-state index >= 15 is 0 Å². The van der Waals surface area contributed by atoms with E-state index in [2.05, 4.69) is 51.7 Å².